The number of carbonyl (C=O) groups excluding carboxylic acids is 1. The Morgan fingerprint density at radius 2 is 1.83 bits per heavy atom. The average Bonchev–Trinajstić information content (AvgIpc) is 2.67. The average molecular weight is 443 g/mol. The zero-order valence-electron chi connectivity index (χ0n) is 15.9. The minimum Gasteiger partial charge on any atom is -0.378 e. The van der Waals surface area contributed by atoms with Crippen LogP contribution in [-0.2, 0) is 15.7 Å². The van der Waals surface area contributed by atoms with Gasteiger partial charge in [0, 0.05) is 13.1 Å². The molecule has 0 saturated carbocycles. The fourth-order valence-electron chi connectivity index (χ4n) is 2.78. The number of nitrogens with one attached hydrogen (secondary N) is 1. The van der Waals surface area contributed by atoms with Crippen molar-refractivity contribution >= 4 is 40.9 Å². The SMILES string of the molecule is C[C@H](Sc1nc(N)nc(N)n1)C(=O)Nc1cc(C(F)(F)F)ccc1N1CCOCC1. The molecule has 1 aromatic heterocycles. The van der Waals surface area contributed by atoms with E-state index in [1.54, 1.807) is 6.92 Å². The lowest BCUT2D eigenvalue weighted by molar-refractivity contribution is -0.137. The van der Waals surface area contributed by atoms with E-state index in [4.69, 9.17) is 16.2 Å². The first-order valence-electron chi connectivity index (χ1n) is 8.92. The van der Waals surface area contributed by atoms with Gasteiger partial charge in [0.1, 0.15) is 0 Å². The van der Waals surface area contributed by atoms with E-state index in [9.17, 15) is 18.0 Å². The first-order valence-corrected chi connectivity index (χ1v) is 9.80. The molecule has 30 heavy (non-hydrogen) atoms. The van der Waals surface area contributed by atoms with Gasteiger partial charge in [-0.05, 0) is 25.1 Å². The zero-order valence-corrected chi connectivity index (χ0v) is 16.8. The van der Waals surface area contributed by atoms with Crippen molar-refractivity contribution in [1.82, 2.24) is 15.0 Å². The van der Waals surface area contributed by atoms with Gasteiger partial charge in [0.15, 0.2) is 5.16 Å². The maximum atomic E-state index is 13.2. The molecule has 1 aliphatic rings. The number of thioether (sulfide) groups is 1. The van der Waals surface area contributed by atoms with Crippen LogP contribution in [0.15, 0.2) is 23.4 Å². The van der Waals surface area contributed by atoms with Gasteiger partial charge in [-0.1, -0.05) is 11.8 Å². The smallest absolute Gasteiger partial charge is 0.378 e. The van der Waals surface area contributed by atoms with Crippen LogP contribution >= 0.6 is 11.8 Å². The maximum Gasteiger partial charge on any atom is 0.416 e. The van der Waals surface area contributed by atoms with E-state index < -0.39 is 22.9 Å². The Balaban J connectivity index is 1.82. The minimum absolute atomic E-state index is 0.0684. The van der Waals surface area contributed by atoms with E-state index in [0.717, 1.165) is 23.9 Å². The largest absolute Gasteiger partial charge is 0.416 e. The number of alkyl halides is 3. The van der Waals surface area contributed by atoms with Crippen molar-refractivity contribution < 1.29 is 22.7 Å². The Hall–Kier alpha value is -2.80. The summed E-state index contributed by atoms with van der Waals surface area (Å²) in [6.07, 6.45) is -4.54. The van der Waals surface area contributed by atoms with Gasteiger partial charge in [-0.15, -0.1) is 0 Å². The molecular weight excluding hydrogens is 423 g/mol. The number of carbonyl (C=O) groups is 1. The molecule has 1 aromatic carbocycles. The number of amides is 1. The van der Waals surface area contributed by atoms with Gasteiger partial charge < -0.3 is 26.4 Å². The van der Waals surface area contributed by atoms with E-state index in [0.29, 0.717) is 32.0 Å². The number of benzene rings is 1. The highest BCUT2D eigenvalue weighted by atomic mass is 32.2. The van der Waals surface area contributed by atoms with Crippen LogP contribution < -0.4 is 21.7 Å². The molecule has 1 fully saturated rings. The van der Waals surface area contributed by atoms with Crippen LogP contribution in [0.2, 0.25) is 0 Å². The van der Waals surface area contributed by atoms with Crippen molar-refractivity contribution in [3.8, 4) is 0 Å². The Labute approximate surface area is 174 Å². The lowest BCUT2D eigenvalue weighted by atomic mass is 10.1. The number of anilines is 4. The molecule has 1 atom stereocenters. The van der Waals surface area contributed by atoms with E-state index in [1.165, 1.54) is 6.07 Å². The quantitative estimate of drug-likeness (QED) is 0.594. The van der Waals surface area contributed by atoms with Crippen molar-refractivity contribution in [2.45, 2.75) is 23.5 Å². The summed E-state index contributed by atoms with van der Waals surface area (Å²) in [4.78, 5) is 26.0. The molecule has 0 spiro atoms. The van der Waals surface area contributed by atoms with E-state index in [2.05, 4.69) is 20.3 Å². The molecule has 1 amide bonds. The first kappa shape index (κ1) is 21.9. The van der Waals surface area contributed by atoms with Crippen LogP contribution in [0.1, 0.15) is 12.5 Å². The zero-order chi connectivity index (χ0) is 21.9. The van der Waals surface area contributed by atoms with Crippen molar-refractivity contribution in [3.05, 3.63) is 23.8 Å². The molecule has 2 aromatic rings. The van der Waals surface area contributed by atoms with Crippen molar-refractivity contribution in [2.24, 2.45) is 0 Å². The highest BCUT2D eigenvalue weighted by Crippen LogP contribution is 2.36. The summed E-state index contributed by atoms with van der Waals surface area (Å²) >= 11 is 0.960. The number of hydrogen-bond acceptors (Lipinski definition) is 9. The topological polar surface area (TPSA) is 132 Å². The summed E-state index contributed by atoms with van der Waals surface area (Å²) in [7, 11) is 0. The number of aromatic nitrogens is 3. The van der Waals surface area contributed by atoms with E-state index >= 15 is 0 Å². The number of rotatable bonds is 5. The second-order valence-electron chi connectivity index (χ2n) is 6.41. The third-order valence-corrected chi connectivity index (χ3v) is 5.20. The molecule has 0 radical (unpaired) electrons. The Morgan fingerprint density at radius 3 is 2.43 bits per heavy atom. The Kier molecular flexibility index (Phi) is 6.51. The van der Waals surface area contributed by atoms with Crippen LogP contribution in [0.5, 0.6) is 0 Å². The lowest BCUT2D eigenvalue weighted by Gasteiger charge is -2.31. The van der Waals surface area contributed by atoms with Gasteiger partial charge in [-0.25, -0.2) is 0 Å². The summed E-state index contributed by atoms with van der Waals surface area (Å²) in [6.45, 7) is 3.47. The van der Waals surface area contributed by atoms with Crippen LogP contribution in [0.25, 0.3) is 0 Å². The number of nitrogens with two attached hydrogens (primary N) is 2. The molecule has 2 heterocycles. The van der Waals surface area contributed by atoms with Crippen molar-refractivity contribution in [2.75, 3.05) is 48.0 Å². The van der Waals surface area contributed by atoms with Crippen LogP contribution in [0.3, 0.4) is 0 Å². The van der Waals surface area contributed by atoms with Gasteiger partial charge in [-0.2, -0.15) is 28.1 Å². The third kappa shape index (κ3) is 5.42. The molecule has 13 heteroatoms. The fraction of sp³-hybridized carbons (Fsp3) is 0.412. The number of nitrogen functional groups attached to an aromatic ring is 2. The predicted molar refractivity (Wildman–Crippen MR) is 107 cm³/mol. The molecule has 9 nitrogen and oxygen atoms in total. The first-order chi connectivity index (χ1) is 14.1. The van der Waals surface area contributed by atoms with Crippen LogP contribution in [0, 0.1) is 0 Å². The summed E-state index contributed by atoms with van der Waals surface area (Å²) in [5.74, 6) is -0.707. The third-order valence-electron chi connectivity index (χ3n) is 4.23. The summed E-state index contributed by atoms with van der Waals surface area (Å²) in [5.41, 5.74) is 10.7. The number of morpholine rings is 1. The maximum absolute atomic E-state index is 13.2. The number of halogens is 3. The van der Waals surface area contributed by atoms with E-state index in [1.807, 2.05) is 4.90 Å². The van der Waals surface area contributed by atoms with Crippen LogP contribution in [0.4, 0.5) is 36.4 Å². The normalized spacial score (nSPS) is 15.7. The summed E-state index contributed by atoms with van der Waals surface area (Å²) in [5, 5.41) is 1.99. The number of nitrogens with zero attached hydrogens (tertiary/aromatic N) is 4. The Bertz CT molecular complexity index is 902. The molecule has 0 unspecified atom stereocenters. The minimum atomic E-state index is -4.54. The molecule has 5 N–H and O–H groups in total. The van der Waals surface area contributed by atoms with Gasteiger partial charge in [-0.3, -0.25) is 4.79 Å². The number of ether oxygens (including phenoxy) is 1. The standard InChI is InChI=1S/C17H20F3N7O2S/c1-9(30-16-25-14(21)24-15(22)26-16)13(28)23-11-8-10(17(18,19)20)2-3-12(11)27-4-6-29-7-5-27/h2-3,8-9H,4-7H2,1H3,(H,23,28)(H4,21,22,24,25,26)/t9-/m0/s1. The highest BCUT2D eigenvalue weighted by Gasteiger charge is 2.32. The van der Waals surface area contributed by atoms with Crippen LogP contribution in [-0.4, -0.2) is 52.4 Å². The van der Waals surface area contributed by atoms with Crippen molar-refractivity contribution in [3.63, 3.8) is 0 Å². The Morgan fingerprint density at radius 1 is 1.20 bits per heavy atom. The summed E-state index contributed by atoms with van der Waals surface area (Å²) < 4.78 is 44.9. The second kappa shape index (κ2) is 8.92. The van der Waals surface area contributed by atoms with Gasteiger partial charge in [0.25, 0.3) is 0 Å². The van der Waals surface area contributed by atoms with Gasteiger partial charge in [0.2, 0.25) is 17.8 Å². The summed E-state index contributed by atoms with van der Waals surface area (Å²) in [6, 6.07) is 3.28. The van der Waals surface area contributed by atoms with Crippen molar-refractivity contribution in [1.29, 1.82) is 0 Å². The second-order valence-corrected chi connectivity index (χ2v) is 7.72. The monoisotopic (exact) mass is 443 g/mol. The van der Waals surface area contributed by atoms with E-state index in [-0.39, 0.29) is 22.7 Å². The van der Waals surface area contributed by atoms with Gasteiger partial charge >= 0.3 is 6.18 Å². The molecule has 1 saturated heterocycles. The molecule has 3 rings (SSSR count). The molecule has 162 valence electrons. The molecular formula is C17H20F3N7O2S. The van der Waals surface area contributed by atoms with Gasteiger partial charge in [0.05, 0.1) is 35.4 Å². The highest BCUT2D eigenvalue weighted by molar-refractivity contribution is 8.00. The molecule has 1 aliphatic heterocycles. The molecule has 0 aliphatic carbocycles. The predicted octanol–water partition coefficient (Wildman–Crippen LogP) is 2.01. The number of hydrogen-bond donors (Lipinski definition) is 3. The molecule has 0 bridgehead atoms. The lowest BCUT2D eigenvalue weighted by Crippen LogP contribution is -2.37. The fourth-order valence-corrected chi connectivity index (χ4v) is 3.55.